The minimum absolute atomic E-state index is 0.122. The van der Waals surface area contributed by atoms with Gasteiger partial charge in [0, 0.05) is 16.2 Å². The Morgan fingerprint density at radius 3 is 2.95 bits per heavy atom. The molecule has 1 aromatic carbocycles. The van der Waals surface area contributed by atoms with E-state index < -0.39 is 11.7 Å². The first-order valence-electron chi connectivity index (χ1n) is 5.19. The molecule has 2 rings (SSSR count). The summed E-state index contributed by atoms with van der Waals surface area (Å²) in [5.41, 5.74) is 2.73. The second-order valence-corrected chi connectivity index (χ2v) is 4.89. The second kappa shape index (κ2) is 5.99. The summed E-state index contributed by atoms with van der Waals surface area (Å²) in [5.74, 6) is -0.942. The molecule has 0 radical (unpaired) electrons. The molecule has 19 heavy (non-hydrogen) atoms. The molecule has 0 aliphatic rings. The van der Waals surface area contributed by atoms with E-state index in [1.807, 2.05) is 0 Å². The van der Waals surface area contributed by atoms with Crippen molar-refractivity contribution in [3.05, 3.63) is 57.0 Å². The van der Waals surface area contributed by atoms with Gasteiger partial charge in [-0.1, -0.05) is 17.7 Å². The lowest BCUT2D eigenvalue weighted by Crippen LogP contribution is -2.18. The van der Waals surface area contributed by atoms with E-state index in [1.165, 1.54) is 18.2 Å². The monoisotopic (exact) mass is 343 g/mol. The van der Waals surface area contributed by atoms with Crippen molar-refractivity contribution >= 4 is 39.7 Å². The van der Waals surface area contributed by atoms with Gasteiger partial charge < -0.3 is 4.98 Å². The minimum Gasteiger partial charge on any atom is -0.356 e. The largest absolute Gasteiger partial charge is 0.356 e. The lowest BCUT2D eigenvalue weighted by molar-refractivity contribution is 0.0950. The van der Waals surface area contributed by atoms with Gasteiger partial charge in [-0.2, -0.15) is 5.10 Å². The van der Waals surface area contributed by atoms with E-state index in [1.54, 1.807) is 12.3 Å². The fraction of sp³-hybridized carbons (Fsp3) is 0. The third kappa shape index (κ3) is 3.42. The number of carbonyl (C=O) groups is 1. The van der Waals surface area contributed by atoms with Gasteiger partial charge in [-0.3, -0.25) is 4.79 Å². The highest BCUT2D eigenvalue weighted by Gasteiger charge is 2.07. The standard InChI is InChI=1S/C12H8BrClFN3O/c13-7-4-11(16-5-7)12(19)18-17-6-8-9(14)2-1-3-10(8)15/h1-6,16H,(H,18,19)/b17-6-. The summed E-state index contributed by atoms with van der Waals surface area (Å²) < 4.78 is 14.1. The van der Waals surface area contributed by atoms with Gasteiger partial charge in [0.2, 0.25) is 0 Å². The van der Waals surface area contributed by atoms with Gasteiger partial charge in [-0.25, -0.2) is 9.82 Å². The van der Waals surface area contributed by atoms with Crippen LogP contribution >= 0.6 is 27.5 Å². The highest BCUT2D eigenvalue weighted by molar-refractivity contribution is 9.10. The summed E-state index contributed by atoms with van der Waals surface area (Å²) in [4.78, 5) is 14.4. The molecular weight excluding hydrogens is 337 g/mol. The third-order valence-electron chi connectivity index (χ3n) is 2.25. The van der Waals surface area contributed by atoms with Crippen molar-refractivity contribution in [1.29, 1.82) is 0 Å². The van der Waals surface area contributed by atoms with E-state index in [-0.39, 0.29) is 10.6 Å². The Morgan fingerprint density at radius 2 is 2.32 bits per heavy atom. The van der Waals surface area contributed by atoms with E-state index in [4.69, 9.17) is 11.6 Å². The number of halogens is 3. The van der Waals surface area contributed by atoms with E-state index >= 15 is 0 Å². The maximum atomic E-state index is 13.4. The number of hydrogen-bond acceptors (Lipinski definition) is 2. The van der Waals surface area contributed by atoms with E-state index in [9.17, 15) is 9.18 Å². The smallest absolute Gasteiger partial charge is 0.287 e. The molecular formula is C12H8BrClFN3O. The van der Waals surface area contributed by atoms with Crippen LogP contribution in [0.25, 0.3) is 0 Å². The number of hydrazone groups is 1. The zero-order chi connectivity index (χ0) is 13.8. The molecule has 4 nitrogen and oxygen atoms in total. The molecule has 1 amide bonds. The van der Waals surface area contributed by atoms with Crippen LogP contribution < -0.4 is 5.43 Å². The Hall–Kier alpha value is -1.66. The number of aromatic amines is 1. The molecule has 0 atom stereocenters. The van der Waals surface area contributed by atoms with Crippen molar-refractivity contribution in [3.8, 4) is 0 Å². The molecule has 7 heteroatoms. The van der Waals surface area contributed by atoms with Gasteiger partial charge in [0.15, 0.2) is 0 Å². The van der Waals surface area contributed by atoms with Crippen LogP contribution in [-0.2, 0) is 0 Å². The second-order valence-electron chi connectivity index (χ2n) is 3.57. The van der Waals surface area contributed by atoms with Crippen molar-refractivity contribution in [2.75, 3.05) is 0 Å². The van der Waals surface area contributed by atoms with E-state index in [0.717, 1.165) is 10.7 Å². The minimum atomic E-state index is -0.506. The molecule has 0 unspecified atom stereocenters. The first-order chi connectivity index (χ1) is 9.08. The van der Waals surface area contributed by atoms with Crippen LogP contribution in [0.4, 0.5) is 4.39 Å². The highest BCUT2D eigenvalue weighted by Crippen LogP contribution is 2.16. The average Bonchev–Trinajstić information content (AvgIpc) is 2.79. The fourth-order valence-electron chi connectivity index (χ4n) is 1.35. The van der Waals surface area contributed by atoms with E-state index in [0.29, 0.717) is 5.69 Å². The first kappa shape index (κ1) is 13.8. The molecule has 0 fully saturated rings. The first-order valence-corrected chi connectivity index (χ1v) is 6.36. The quantitative estimate of drug-likeness (QED) is 0.651. The number of hydrogen-bond donors (Lipinski definition) is 2. The molecule has 0 aliphatic carbocycles. The van der Waals surface area contributed by atoms with Gasteiger partial charge in [0.25, 0.3) is 5.91 Å². The van der Waals surface area contributed by atoms with Crippen LogP contribution in [0.2, 0.25) is 5.02 Å². The fourth-order valence-corrected chi connectivity index (χ4v) is 1.90. The molecule has 1 aromatic heterocycles. The SMILES string of the molecule is O=C(N/N=C\c1c(F)cccc1Cl)c1cc(Br)c[nH]1. The number of amides is 1. The molecule has 0 bridgehead atoms. The van der Waals surface area contributed by atoms with Crippen molar-refractivity contribution in [2.24, 2.45) is 5.10 Å². The number of nitrogens with one attached hydrogen (secondary N) is 2. The molecule has 98 valence electrons. The van der Waals surface area contributed by atoms with Crippen LogP contribution in [0.1, 0.15) is 16.1 Å². The molecule has 0 saturated carbocycles. The molecule has 0 saturated heterocycles. The summed E-state index contributed by atoms with van der Waals surface area (Å²) in [6.45, 7) is 0. The number of rotatable bonds is 3. The Bertz CT molecular complexity index is 621. The van der Waals surface area contributed by atoms with Crippen molar-refractivity contribution in [3.63, 3.8) is 0 Å². The zero-order valence-corrected chi connectivity index (χ0v) is 11.8. The average molecular weight is 345 g/mol. The summed E-state index contributed by atoms with van der Waals surface area (Å²) in [6, 6.07) is 5.89. The third-order valence-corrected chi connectivity index (χ3v) is 3.04. The van der Waals surface area contributed by atoms with Crippen LogP contribution in [0.5, 0.6) is 0 Å². The number of benzene rings is 1. The topological polar surface area (TPSA) is 57.2 Å². The van der Waals surface area contributed by atoms with Gasteiger partial charge in [-0.05, 0) is 34.1 Å². The lowest BCUT2D eigenvalue weighted by Gasteiger charge is -1.99. The number of H-pyrrole nitrogens is 1. The molecule has 2 aromatic rings. The molecule has 0 spiro atoms. The Morgan fingerprint density at radius 1 is 1.53 bits per heavy atom. The maximum Gasteiger partial charge on any atom is 0.287 e. The number of aromatic nitrogens is 1. The van der Waals surface area contributed by atoms with E-state index in [2.05, 4.69) is 31.4 Å². The normalized spacial score (nSPS) is 10.9. The Kier molecular flexibility index (Phi) is 4.34. The Balaban J connectivity index is 2.06. The van der Waals surface area contributed by atoms with Crippen molar-refractivity contribution in [1.82, 2.24) is 10.4 Å². The Labute approximate surface area is 121 Å². The number of carbonyl (C=O) groups excluding carboxylic acids is 1. The van der Waals surface area contributed by atoms with Crippen LogP contribution in [0.3, 0.4) is 0 Å². The van der Waals surface area contributed by atoms with Gasteiger partial charge >= 0.3 is 0 Å². The highest BCUT2D eigenvalue weighted by atomic mass is 79.9. The van der Waals surface area contributed by atoms with Crippen molar-refractivity contribution in [2.45, 2.75) is 0 Å². The predicted octanol–water partition coefficient (Wildman–Crippen LogP) is 3.33. The summed E-state index contributed by atoms with van der Waals surface area (Å²) in [7, 11) is 0. The lowest BCUT2D eigenvalue weighted by atomic mass is 10.2. The maximum absolute atomic E-state index is 13.4. The van der Waals surface area contributed by atoms with Crippen LogP contribution in [0.15, 0.2) is 40.0 Å². The van der Waals surface area contributed by atoms with Crippen LogP contribution in [0, 0.1) is 5.82 Å². The molecule has 0 aliphatic heterocycles. The van der Waals surface area contributed by atoms with Gasteiger partial charge in [0.1, 0.15) is 11.5 Å². The zero-order valence-electron chi connectivity index (χ0n) is 9.45. The van der Waals surface area contributed by atoms with Gasteiger partial charge in [-0.15, -0.1) is 0 Å². The predicted molar refractivity (Wildman–Crippen MR) is 75.0 cm³/mol. The van der Waals surface area contributed by atoms with Gasteiger partial charge in [0.05, 0.1) is 11.2 Å². The molecule has 2 N–H and O–H groups in total. The number of nitrogens with zero attached hydrogens (tertiary/aromatic N) is 1. The van der Waals surface area contributed by atoms with Crippen molar-refractivity contribution < 1.29 is 9.18 Å². The van der Waals surface area contributed by atoms with Crippen LogP contribution in [-0.4, -0.2) is 17.1 Å². The summed E-state index contributed by atoms with van der Waals surface area (Å²) in [6.07, 6.45) is 2.78. The summed E-state index contributed by atoms with van der Waals surface area (Å²) >= 11 is 9.02. The summed E-state index contributed by atoms with van der Waals surface area (Å²) in [5, 5.41) is 3.89. The molecule has 1 heterocycles.